The van der Waals surface area contributed by atoms with Crippen LogP contribution in [0, 0.1) is 0 Å². The molecule has 1 aromatic rings. The van der Waals surface area contributed by atoms with Gasteiger partial charge in [0.25, 0.3) is 0 Å². The fourth-order valence-corrected chi connectivity index (χ4v) is 1.39. The van der Waals surface area contributed by atoms with Crippen LogP contribution in [-0.4, -0.2) is 13.3 Å². The van der Waals surface area contributed by atoms with E-state index in [1.807, 2.05) is 0 Å². The van der Waals surface area contributed by atoms with Gasteiger partial charge in [-0.3, -0.25) is 0 Å². The number of nitrogens with two attached hydrogens (primary N) is 1. The molecule has 0 unspecified atom stereocenters. The Hall–Kier alpha value is -1.07. The highest BCUT2D eigenvalue weighted by Gasteiger charge is 2.30. The van der Waals surface area contributed by atoms with E-state index in [9.17, 15) is 13.2 Å². The maximum Gasteiger partial charge on any atom is 0.390 e. The van der Waals surface area contributed by atoms with Crippen LogP contribution in [0.5, 0.6) is 0 Å². The molecule has 0 aliphatic carbocycles. The summed E-state index contributed by atoms with van der Waals surface area (Å²) >= 11 is 0. The lowest BCUT2D eigenvalue weighted by molar-refractivity contribution is -0.138. The molecule has 0 saturated carbocycles. The third kappa shape index (κ3) is 4.20. The van der Waals surface area contributed by atoms with Crippen molar-refractivity contribution >= 4 is 0 Å². The first-order chi connectivity index (χ1) is 7.42. The molecule has 2 N–H and O–H groups in total. The van der Waals surface area contributed by atoms with E-state index < -0.39 is 18.6 Å². The van der Waals surface area contributed by atoms with Crippen molar-refractivity contribution in [3.8, 4) is 0 Å². The van der Waals surface area contributed by atoms with Crippen molar-refractivity contribution in [1.82, 2.24) is 0 Å². The summed E-state index contributed by atoms with van der Waals surface area (Å²) in [7, 11) is 1.56. The minimum Gasteiger partial charge on any atom is -0.380 e. The third-order valence-corrected chi connectivity index (χ3v) is 2.17. The molecule has 0 aliphatic rings. The Morgan fingerprint density at radius 1 is 1.25 bits per heavy atom. The Balaban J connectivity index is 2.66. The summed E-state index contributed by atoms with van der Waals surface area (Å²) in [5, 5.41) is 0. The second kappa shape index (κ2) is 5.32. The van der Waals surface area contributed by atoms with E-state index in [2.05, 4.69) is 0 Å². The highest BCUT2D eigenvalue weighted by atomic mass is 19.4. The highest BCUT2D eigenvalue weighted by Crippen LogP contribution is 2.27. The third-order valence-electron chi connectivity index (χ3n) is 2.17. The molecule has 5 heteroatoms. The zero-order chi connectivity index (χ0) is 12.2. The number of halogens is 3. The highest BCUT2D eigenvalue weighted by molar-refractivity contribution is 5.24. The van der Waals surface area contributed by atoms with Crippen LogP contribution in [0.4, 0.5) is 13.2 Å². The quantitative estimate of drug-likeness (QED) is 0.867. The molecule has 0 spiro atoms. The van der Waals surface area contributed by atoms with Gasteiger partial charge in [0.15, 0.2) is 0 Å². The molecule has 1 rings (SSSR count). The van der Waals surface area contributed by atoms with Crippen molar-refractivity contribution in [2.75, 3.05) is 7.11 Å². The summed E-state index contributed by atoms with van der Waals surface area (Å²) < 4.78 is 41.2. The molecule has 0 amide bonds. The lowest BCUT2D eigenvalue weighted by Gasteiger charge is -2.14. The number of alkyl halides is 3. The molecule has 0 heterocycles. The molecule has 0 saturated heterocycles. The average Bonchev–Trinajstić information content (AvgIpc) is 2.16. The molecule has 90 valence electrons. The second-order valence-corrected chi connectivity index (χ2v) is 3.60. The van der Waals surface area contributed by atoms with Gasteiger partial charge in [0.05, 0.1) is 13.0 Å². The Morgan fingerprint density at radius 3 is 2.25 bits per heavy atom. The van der Waals surface area contributed by atoms with Crippen LogP contribution in [0.25, 0.3) is 0 Å². The predicted molar refractivity (Wildman–Crippen MR) is 54.8 cm³/mol. The largest absolute Gasteiger partial charge is 0.390 e. The molecular weight excluding hydrogens is 219 g/mol. The van der Waals surface area contributed by atoms with Crippen LogP contribution in [0.3, 0.4) is 0 Å². The van der Waals surface area contributed by atoms with Gasteiger partial charge in [-0.2, -0.15) is 13.2 Å². The van der Waals surface area contributed by atoms with E-state index in [1.54, 1.807) is 31.4 Å². The minimum absolute atomic E-state index is 0.439. The van der Waals surface area contributed by atoms with Crippen molar-refractivity contribution in [3.05, 3.63) is 35.4 Å². The van der Waals surface area contributed by atoms with Gasteiger partial charge >= 0.3 is 6.18 Å². The zero-order valence-corrected chi connectivity index (χ0v) is 8.92. The van der Waals surface area contributed by atoms with Crippen molar-refractivity contribution in [1.29, 1.82) is 0 Å². The first-order valence-electron chi connectivity index (χ1n) is 4.82. The predicted octanol–water partition coefficient (Wildman–Crippen LogP) is 2.79. The molecule has 0 fully saturated rings. The first-order valence-corrected chi connectivity index (χ1v) is 4.82. The maximum atomic E-state index is 12.1. The molecule has 2 nitrogen and oxygen atoms in total. The van der Waals surface area contributed by atoms with Crippen LogP contribution < -0.4 is 5.73 Å². The number of benzene rings is 1. The fraction of sp³-hybridized carbons (Fsp3) is 0.455. The van der Waals surface area contributed by atoms with Crippen LogP contribution in [0.2, 0.25) is 0 Å². The molecule has 0 bridgehead atoms. The van der Waals surface area contributed by atoms with Gasteiger partial charge in [0, 0.05) is 13.2 Å². The summed E-state index contributed by atoms with van der Waals surface area (Å²) in [5.41, 5.74) is 6.85. The minimum atomic E-state index is -4.23. The lowest BCUT2D eigenvalue weighted by Crippen LogP contribution is -2.20. The van der Waals surface area contributed by atoms with Crippen LogP contribution in [0.1, 0.15) is 23.6 Å². The summed E-state index contributed by atoms with van der Waals surface area (Å²) in [6.07, 6.45) is -5.23. The second-order valence-electron chi connectivity index (χ2n) is 3.60. The van der Waals surface area contributed by atoms with Crippen molar-refractivity contribution in [2.24, 2.45) is 5.73 Å². The smallest absolute Gasteiger partial charge is 0.380 e. The van der Waals surface area contributed by atoms with Gasteiger partial charge in [0.1, 0.15) is 0 Å². The van der Waals surface area contributed by atoms with E-state index >= 15 is 0 Å². The average molecular weight is 233 g/mol. The number of methoxy groups -OCH3 is 1. The summed E-state index contributed by atoms with van der Waals surface area (Å²) in [4.78, 5) is 0. The van der Waals surface area contributed by atoms with Crippen LogP contribution in [0.15, 0.2) is 24.3 Å². The summed E-state index contributed by atoms with van der Waals surface area (Å²) in [6, 6.07) is 5.64. The Morgan fingerprint density at radius 2 is 1.81 bits per heavy atom. The zero-order valence-electron chi connectivity index (χ0n) is 8.92. The Kier molecular flexibility index (Phi) is 4.32. The summed E-state index contributed by atoms with van der Waals surface area (Å²) in [6.45, 7) is 0.439. The van der Waals surface area contributed by atoms with Crippen molar-refractivity contribution in [2.45, 2.75) is 25.2 Å². The van der Waals surface area contributed by atoms with Crippen LogP contribution >= 0.6 is 0 Å². The van der Waals surface area contributed by atoms with Gasteiger partial charge in [-0.05, 0) is 11.1 Å². The Labute approximate surface area is 92.2 Å². The number of ether oxygens (including phenoxy) is 1. The molecule has 0 radical (unpaired) electrons. The van der Waals surface area contributed by atoms with Gasteiger partial charge in [-0.15, -0.1) is 0 Å². The molecule has 1 atom stereocenters. The fourth-order valence-electron chi connectivity index (χ4n) is 1.39. The molecule has 0 aliphatic heterocycles. The van der Waals surface area contributed by atoms with E-state index in [1.165, 1.54) is 0 Å². The van der Waals surface area contributed by atoms with Crippen LogP contribution in [-0.2, 0) is 11.3 Å². The van der Waals surface area contributed by atoms with E-state index in [0.29, 0.717) is 12.2 Å². The number of hydrogen-bond acceptors (Lipinski definition) is 2. The van der Waals surface area contributed by atoms with Gasteiger partial charge in [0.2, 0.25) is 0 Å². The standard InChI is InChI=1S/C11H14F3NO/c1-16-7-8-2-4-9(5-3-8)10(15)6-11(12,13)14/h2-5,10H,6-7,15H2,1H3/t10-/m0/s1. The van der Waals surface area contributed by atoms with Crippen molar-refractivity contribution in [3.63, 3.8) is 0 Å². The molecular formula is C11H14F3NO. The van der Waals surface area contributed by atoms with Gasteiger partial charge in [-0.1, -0.05) is 24.3 Å². The SMILES string of the molecule is COCc1ccc([C@@H](N)CC(F)(F)F)cc1. The molecule has 0 aromatic heterocycles. The topological polar surface area (TPSA) is 35.2 Å². The van der Waals surface area contributed by atoms with Gasteiger partial charge < -0.3 is 10.5 Å². The van der Waals surface area contributed by atoms with E-state index in [0.717, 1.165) is 5.56 Å². The number of rotatable bonds is 4. The van der Waals surface area contributed by atoms with E-state index in [4.69, 9.17) is 10.5 Å². The molecule has 16 heavy (non-hydrogen) atoms. The van der Waals surface area contributed by atoms with Gasteiger partial charge in [-0.25, -0.2) is 0 Å². The van der Waals surface area contributed by atoms with Crippen molar-refractivity contribution < 1.29 is 17.9 Å². The maximum absolute atomic E-state index is 12.1. The Bertz CT molecular complexity index is 321. The summed E-state index contributed by atoms with van der Waals surface area (Å²) in [5.74, 6) is 0. The first kappa shape index (κ1) is 13.0. The molecule has 1 aromatic carbocycles. The normalized spacial score (nSPS) is 13.8. The number of hydrogen-bond donors (Lipinski definition) is 1. The van der Waals surface area contributed by atoms with E-state index in [-0.39, 0.29) is 0 Å². The lowest BCUT2D eigenvalue weighted by atomic mass is 10.0. The monoisotopic (exact) mass is 233 g/mol.